The van der Waals surface area contributed by atoms with Gasteiger partial charge in [-0.2, -0.15) is 5.10 Å². The van der Waals surface area contributed by atoms with Crippen LogP contribution in [0.2, 0.25) is 0 Å². The average Bonchev–Trinajstić information content (AvgIpc) is 2.80. The summed E-state index contributed by atoms with van der Waals surface area (Å²) in [4.78, 5) is 0. The molecule has 0 amide bonds. The summed E-state index contributed by atoms with van der Waals surface area (Å²) in [6.07, 6.45) is 5.59. The van der Waals surface area contributed by atoms with E-state index in [1.165, 1.54) is 24.1 Å². The van der Waals surface area contributed by atoms with Crippen LogP contribution in [0.5, 0.6) is 0 Å². The zero-order chi connectivity index (χ0) is 10.3. The lowest BCUT2D eigenvalue weighted by Gasteiger charge is -2.07. The number of aryl methyl sites for hydroxylation is 1. The summed E-state index contributed by atoms with van der Waals surface area (Å²) in [5.74, 6) is 0. The molecule has 0 spiro atoms. The minimum atomic E-state index is 1.10. The van der Waals surface area contributed by atoms with Crippen LogP contribution in [-0.2, 0) is 12.8 Å². The smallest absolute Gasteiger partial charge is 0.0790 e. The van der Waals surface area contributed by atoms with E-state index in [9.17, 15) is 0 Å². The van der Waals surface area contributed by atoms with Crippen LogP contribution in [0.15, 0.2) is 34.9 Å². The van der Waals surface area contributed by atoms with Gasteiger partial charge in [0.05, 0.1) is 11.9 Å². The molecule has 3 heteroatoms. The number of rotatable bonds is 1. The number of nitrogens with zero attached hydrogens (tertiary/aromatic N) is 2. The normalized spacial score (nSPS) is 14.2. The Bertz CT molecular complexity index is 502. The summed E-state index contributed by atoms with van der Waals surface area (Å²) in [6.45, 7) is 0. The monoisotopic (exact) mass is 262 g/mol. The van der Waals surface area contributed by atoms with Gasteiger partial charge in [-0.1, -0.05) is 12.1 Å². The summed E-state index contributed by atoms with van der Waals surface area (Å²) >= 11 is 3.57. The molecule has 15 heavy (non-hydrogen) atoms. The Morgan fingerprint density at radius 1 is 1.20 bits per heavy atom. The van der Waals surface area contributed by atoms with Crippen molar-refractivity contribution in [1.82, 2.24) is 9.78 Å². The highest BCUT2D eigenvalue weighted by Crippen LogP contribution is 2.27. The number of para-hydroxylation sites is 1. The summed E-state index contributed by atoms with van der Waals surface area (Å²) in [6, 6.07) is 8.22. The average molecular weight is 263 g/mol. The first-order valence-electron chi connectivity index (χ1n) is 5.17. The standard InChI is InChI=1S/C12H11BrN2/c13-10-5-1-2-6-12(10)15-11-7-3-4-9(11)8-14-15/h1-2,5-6,8H,3-4,7H2. The molecule has 0 bridgehead atoms. The summed E-state index contributed by atoms with van der Waals surface area (Å²) in [5.41, 5.74) is 3.92. The maximum atomic E-state index is 4.46. The van der Waals surface area contributed by atoms with E-state index in [1.54, 1.807) is 0 Å². The van der Waals surface area contributed by atoms with E-state index in [4.69, 9.17) is 0 Å². The molecule has 0 aliphatic heterocycles. The second kappa shape index (κ2) is 3.49. The molecule has 1 aromatic carbocycles. The predicted octanol–water partition coefficient (Wildman–Crippen LogP) is 3.12. The molecule has 0 saturated heterocycles. The maximum Gasteiger partial charge on any atom is 0.0790 e. The molecule has 0 saturated carbocycles. The maximum absolute atomic E-state index is 4.46. The van der Waals surface area contributed by atoms with Crippen LogP contribution in [-0.4, -0.2) is 9.78 Å². The van der Waals surface area contributed by atoms with Crippen molar-refractivity contribution in [2.75, 3.05) is 0 Å². The third kappa shape index (κ3) is 1.42. The van der Waals surface area contributed by atoms with Gasteiger partial charge in [-0.05, 0) is 52.9 Å². The minimum Gasteiger partial charge on any atom is -0.236 e. The van der Waals surface area contributed by atoms with Crippen molar-refractivity contribution in [2.24, 2.45) is 0 Å². The first-order chi connectivity index (χ1) is 7.36. The lowest BCUT2D eigenvalue weighted by atomic mass is 10.3. The van der Waals surface area contributed by atoms with Gasteiger partial charge in [0.2, 0.25) is 0 Å². The Morgan fingerprint density at radius 2 is 2.07 bits per heavy atom. The summed E-state index contributed by atoms with van der Waals surface area (Å²) in [5, 5.41) is 4.46. The zero-order valence-electron chi connectivity index (χ0n) is 8.28. The fourth-order valence-corrected chi connectivity index (χ4v) is 2.61. The Kier molecular flexibility index (Phi) is 2.13. The molecular formula is C12H11BrN2. The van der Waals surface area contributed by atoms with Gasteiger partial charge in [-0.15, -0.1) is 0 Å². The number of benzene rings is 1. The van der Waals surface area contributed by atoms with Crippen molar-refractivity contribution in [3.05, 3.63) is 46.2 Å². The SMILES string of the molecule is Brc1ccccc1-n1ncc2c1CCC2. The molecule has 0 unspecified atom stereocenters. The molecule has 1 aliphatic rings. The van der Waals surface area contributed by atoms with Crippen LogP contribution in [0.4, 0.5) is 0 Å². The van der Waals surface area contributed by atoms with Gasteiger partial charge >= 0.3 is 0 Å². The number of fused-ring (bicyclic) bond motifs is 1. The van der Waals surface area contributed by atoms with Crippen molar-refractivity contribution < 1.29 is 0 Å². The van der Waals surface area contributed by atoms with Crippen LogP contribution in [0, 0.1) is 0 Å². The van der Waals surface area contributed by atoms with Gasteiger partial charge in [0.15, 0.2) is 0 Å². The van der Waals surface area contributed by atoms with E-state index in [-0.39, 0.29) is 0 Å². The fraction of sp³-hybridized carbons (Fsp3) is 0.250. The van der Waals surface area contributed by atoms with Crippen LogP contribution in [0.3, 0.4) is 0 Å². The van der Waals surface area contributed by atoms with Crippen LogP contribution in [0.25, 0.3) is 5.69 Å². The largest absolute Gasteiger partial charge is 0.236 e. The molecular weight excluding hydrogens is 252 g/mol. The zero-order valence-corrected chi connectivity index (χ0v) is 9.87. The van der Waals surface area contributed by atoms with Gasteiger partial charge in [0.1, 0.15) is 0 Å². The number of aromatic nitrogens is 2. The molecule has 0 radical (unpaired) electrons. The molecule has 1 heterocycles. The lowest BCUT2D eigenvalue weighted by molar-refractivity contribution is 0.782. The van der Waals surface area contributed by atoms with Gasteiger partial charge in [0.25, 0.3) is 0 Å². The van der Waals surface area contributed by atoms with E-state index in [0.717, 1.165) is 16.6 Å². The van der Waals surface area contributed by atoms with E-state index in [1.807, 2.05) is 18.3 Å². The van der Waals surface area contributed by atoms with E-state index in [2.05, 4.69) is 37.8 Å². The number of halogens is 1. The third-order valence-corrected chi connectivity index (χ3v) is 3.57. The highest BCUT2D eigenvalue weighted by atomic mass is 79.9. The Morgan fingerprint density at radius 3 is 2.93 bits per heavy atom. The molecule has 76 valence electrons. The van der Waals surface area contributed by atoms with Crippen molar-refractivity contribution in [3.8, 4) is 5.69 Å². The number of hydrogen-bond acceptors (Lipinski definition) is 1. The topological polar surface area (TPSA) is 17.8 Å². The van der Waals surface area contributed by atoms with Crippen LogP contribution < -0.4 is 0 Å². The molecule has 0 atom stereocenters. The Balaban J connectivity index is 2.17. The van der Waals surface area contributed by atoms with Crippen molar-refractivity contribution in [2.45, 2.75) is 19.3 Å². The number of hydrogen-bond donors (Lipinski definition) is 0. The highest BCUT2D eigenvalue weighted by Gasteiger charge is 2.18. The van der Waals surface area contributed by atoms with E-state index in [0.29, 0.717) is 0 Å². The molecule has 2 aromatic rings. The Labute approximate surface area is 97.1 Å². The van der Waals surface area contributed by atoms with Crippen LogP contribution in [0.1, 0.15) is 17.7 Å². The molecule has 1 aliphatic carbocycles. The summed E-state index contributed by atoms with van der Waals surface area (Å²) < 4.78 is 3.16. The predicted molar refractivity (Wildman–Crippen MR) is 63.3 cm³/mol. The quantitative estimate of drug-likeness (QED) is 0.772. The van der Waals surface area contributed by atoms with Gasteiger partial charge in [0, 0.05) is 10.2 Å². The minimum absolute atomic E-state index is 1.10. The fourth-order valence-electron chi connectivity index (χ4n) is 2.16. The highest BCUT2D eigenvalue weighted by molar-refractivity contribution is 9.10. The molecule has 2 nitrogen and oxygen atoms in total. The van der Waals surface area contributed by atoms with Gasteiger partial charge in [-0.3, -0.25) is 0 Å². The third-order valence-electron chi connectivity index (χ3n) is 2.90. The van der Waals surface area contributed by atoms with Crippen molar-refractivity contribution in [3.63, 3.8) is 0 Å². The van der Waals surface area contributed by atoms with Gasteiger partial charge < -0.3 is 0 Å². The second-order valence-corrected chi connectivity index (χ2v) is 4.69. The molecule has 1 aromatic heterocycles. The molecule has 0 N–H and O–H groups in total. The molecule has 0 fully saturated rings. The van der Waals surface area contributed by atoms with Crippen LogP contribution >= 0.6 is 15.9 Å². The lowest BCUT2D eigenvalue weighted by Crippen LogP contribution is -2.01. The van der Waals surface area contributed by atoms with E-state index < -0.39 is 0 Å². The first-order valence-corrected chi connectivity index (χ1v) is 5.96. The summed E-state index contributed by atoms with van der Waals surface area (Å²) in [7, 11) is 0. The van der Waals surface area contributed by atoms with Gasteiger partial charge in [-0.25, -0.2) is 4.68 Å². The van der Waals surface area contributed by atoms with Crippen molar-refractivity contribution in [1.29, 1.82) is 0 Å². The van der Waals surface area contributed by atoms with Crippen molar-refractivity contribution >= 4 is 15.9 Å². The second-order valence-electron chi connectivity index (χ2n) is 3.83. The molecule has 3 rings (SSSR count). The Hall–Kier alpha value is -1.09. The first kappa shape index (κ1) is 9.16. The van der Waals surface area contributed by atoms with E-state index >= 15 is 0 Å².